The van der Waals surface area contributed by atoms with Crippen LogP contribution in [0.15, 0.2) is 11.6 Å². The molecule has 0 bridgehead atoms. The molecule has 2 aromatic rings. The van der Waals surface area contributed by atoms with Gasteiger partial charge in [-0.15, -0.1) is 11.3 Å². The quantitative estimate of drug-likeness (QED) is 0.921. The highest BCUT2D eigenvalue weighted by molar-refractivity contribution is 7.09. The van der Waals surface area contributed by atoms with Gasteiger partial charge >= 0.3 is 0 Å². The lowest BCUT2D eigenvalue weighted by atomic mass is 9.93. The van der Waals surface area contributed by atoms with Crippen LogP contribution in [-0.4, -0.2) is 21.1 Å². The molecule has 0 atom stereocenters. The van der Waals surface area contributed by atoms with Crippen molar-refractivity contribution < 1.29 is 0 Å². The second-order valence-corrected chi connectivity index (χ2v) is 6.98. The molecular weight excluding hydrogens is 268 g/mol. The van der Waals surface area contributed by atoms with E-state index in [1.165, 1.54) is 11.4 Å². The summed E-state index contributed by atoms with van der Waals surface area (Å²) in [6.45, 7) is 13.4. The van der Waals surface area contributed by atoms with Crippen molar-refractivity contribution in [1.82, 2.24) is 19.9 Å². The Morgan fingerprint density at radius 1 is 1.35 bits per heavy atom. The predicted octanol–water partition coefficient (Wildman–Crippen LogP) is 3.10. The summed E-state index contributed by atoms with van der Waals surface area (Å²) in [6, 6.07) is 0. The van der Waals surface area contributed by atoms with Crippen LogP contribution in [0.3, 0.4) is 0 Å². The van der Waals surface area contributed by atoms with Crippen molar-refractivity contribution in [2.24, 2.45) is 0 Å². The minimum absolute atomic E-state index is 0.116. The topological polar surface area (TPSA) is 42.7 Å². The number of aromatic nitrogens is 3. The molecule has 2 heterocycles. The number of imidazole rings is 1. The molecular formula is C15H24N4S. The van der Waals surface area contributed by atoms with Crippen LogP contribution in [0.4, 0.5) is 0 Å². The minimum Gasteiger partial charge on any atom is -0.324 e. The minimum atomic E-state index is 0.116. The van der Waals surface area contributed by atoms with Gasteiger partial charge in [-0.2, -0.15) is 0 Å². The van der Waals surface area contributed by atoms with Gasteiger partial charge in [0, 0.05) is 23.5 Å². The fraction of sp³-hybridized carbons (Fsp3) is 0.600. The van der Waals surface area contributed by atoms with Gasteiger partial charge in [-0.1, -0.05) is 27.7 Å². The number of aryl methyl sites for hydroxylation is 1. The maximum atomic E-state index is 4.77. The van der Waals surface area contributed by atoms with Crippen LogP contribution in [0, 0.1) is 6.92 Å². The first kappa shape index (κ1) is 15.2. The molecule has 5 heteroatoms. The Kier molecular flexibility index (Phi) is 4.60. The summed E-state index contributed by atoms with van der Waals surface area (Å²) in [6.07, 6.45) is 1.95. The normalized spacial score (nSPS) is 12.1. The zero-order valence-corrected chi connectivity index (χ0v) is 13.8. The van der Waals surface area contributed by atoms with Gasteiger partial charge in [0.05, 0.1) is 17.9 Å². The summed E-state index contributed by atoms with van der Waals surface area (Å²) in [4.78, 5) is 9.19. The molecule has 110 valence electrons. The van der Waals surface area contributed by atoms with Gasteiger partial charge in [0.15, 0.2) is 0 Å². The largest absolute Gasteiger partial charge is 0.324 e. The summed E-state index contributed by atoms with van der Waals surface area (Å²) < 4.78 is 2.24. The molecule has 0 radical (unpaired) electrons. The third kappa shape index (κ3) is 3.46. The van der Waals surface area contributed by atoms with Gasteiger partial charge < -0.3 is 9.88 Å². The molecule has 2 aromatic heterocycles. The van der Waals surface area contributed by atoms with E-state index in [0.717, 1.165) is 30.5 Å². The summed E-state index contributed by atoms with van der Waals surface area (Å²) in [5, 5.41) is 6.67. The second-order valence-electron chi connectivity index (χ2n) is 6.04. The number of rotatable bonds is 5. The van der Waals surface area contributed by atoms with E-state index < -0.39 is 0 Å². The Labute approximate surface area is 125 Å². The van der Waals surface area contributed by atoms with Gasteiger partial charge in [0.2, 0.25) is 0 Å². The Hall–Kier alpha value is -1.20. The van der Waals surface area contributed by atoms with Crippen LogP contribution >= 0.6 is 11.3 Å². The highest BCUT2D eigenvalue weighted by Gasteiger charge is 2.18. The van der Waals surface area contributed by atoms with E-state index in [1.54, 1.807) is 11.3 Å². The molecule has 0 aliphatic rings. The third-order valence-corrected chi connectivity index (χ3v) is 4.14. The first-order chi connectivity index (χ1) is 9.41. The summed E-state index contributed by atoms with van der Waals surface area (Å²) in [5.74, 6) is 1.05. The fourth-order valence-corrected chi connectivity index (χ4v) is 3.00. The maximum Gasteiger partial charge on any atom is 0.113 e. The first-order valence-corrected chi connectivity index (χ1v) is 7.96. The number of hydrogen-bond acceptors (Lipinski definition) is 4. The molecule has 0 spiro atoms. The highest BCUT2D eigenvalue weighted by atomic mass is 32.1. The van der Waals surface area contributed by atoms with E-state index in [2.05, 4.69) is 47.9 Å². The van der Waals surface area contributed by atoms with Gasteiger partial charge in [-0.25, -0.2) is 9.97 Å². The Bertz CT molecular complexity index is 563. The van der Waals surface area contributed by atoms with Crippen molar-refractivity contribution in [2.75, 3.05) is 6.54 Å². The molecule has 0 saturated heterocycles. The predicted molar refractivity (Wildman–Crippen MR) is 84.3 cm³/mol. The molecule has 0 aliphatic carbocycles. The van der Waals surface area contributed by atoms with Gasteiger partial charge in [-0.05, 0) is 13.5 Å². The van der Waals surface area contributed by atoms with Crippen LogP contribution in [0.25, 0.3) is 0 Å². The Morgan fingerprint density at radius 3 is 2.70 bits per heavy atom. The van der Waals surface area contributed by atoms with E-state index in [9.17, 15) is 0 Å². The van der Waals surface area contributed by atoms with E-state index in [1.807, 2.05) is 13.1 Å². The molecule has 2 rings (SSSR count). The molecule has 20 heavy (non-hydrogen) atoms. The average molecular weight is 292 g/mol. The van der Waals surface area contributed by atoms with Gasteiger partial charge in [0.25, 0.3) is 0 Å². The van der Waals surface area contributed by atoms with Crippen LogP contribution < -0.4 is 5.32 Å². The molecule has 0 amide bonds. The number of hydrogen-bond donors (Lipinski definition) is 1. The van der Waals surface area contributed by atoms with Crippen molar-refractivity contribution in [2.45, 2.75) is 53.1 Å². The van der Waals surface area contributed by atoms with Crippen molar-refractivity contribution >= 4 is 11.3 Å². The van der Waals surface area contributed by atoms with Crippen molar-refractivity contribution in [3.05, 3.63) is 33.8 Å². The van der Waals surface area contributed by atoms with Crippen LogP contribution in [0.5, 0.6) is 0 Å². The summed E-state index contributed by atoms with van der Waals surface area (Å²) in [7, 11) is 0. The smallest absolute Gasteiger partial charge is 0.113 e. The molecule has 4 nitrogen and oxygen atoms in total. The van der Waals surface area contributed by atoms with E-state index in [-0.39, 0.29) is 5.41 Å². The fourth-order valence-electron chi connectivity index (χ4n) is 1.99. The lowest BCUT2D eigenvalue weighted by Gasteiger charge is -2.14. The molecule has 0 aromatic carbocycles. The first-order valence-electron chi connectivity index (χ1n) is 7.08. The number of nitrogens with zero attached hydrogens (tertiary/aromatic N) is 3. The molecule has 1 N–H and O–H groups in total. The lowest BCUT2D eigenvalue weighted by molar-refractivity contribution is 0.568. The molecule has 0 saturated carbocycles. The van der Waals surface area contributed by atoms with Crippen LogP contribution in [0.2, 0.25) is 0 Å². The van der Waals surface area contributed by atoms with E-state index in [4.69, 9.17) is 4.98 Å². The van der Waals surface area contributed by atoms with E-state index in [0.29, 0.717) is 0 Å². The van der Waals surface area contributed by atoms with Crippen LogP contribution in [0.1, 0.15) is 49.9 Å². The van der Waals surface area contributed by atoms with Gasteiger partial charge in [-0.3, -0.25) is 0 Å². The Balaban J connectivity index is 2.17. The van der Waals surface area contributed by atoms with Crippen LogP contribution in [-0.2, 0) is 18.5 Å². The van der Waals surface area contributed by atoms with Gasteiger partial charge in [0.1, 0.15) is 10.8 Å². The second kappa shape index (κ2) is 6.06. The summed E-state index contributed by atoms with van der Waals surface area (Å²) in [5.41, 5.74) is 2.51. The van der Waals surface area contributed by atoms with Crippen molar-refractivity contribution in [3.63, 3.8) is 0 Å². The SMILES string of the molecule is CCNCc1cnc(C)n1Cc1nc(C(C)(C)C)cs1. The maximum absolute atomic E-state index is 4.77. The molecule has 0 fully saturated rings. The standard InChI is InChI=1S/C15H24N4S/c1-6-16-7-12-8-17-11(2)19(12)9-14-18-13(10-20-14)15(3,4)5/h8,10,16H,6-7,9H2,1-5H3. The number of thiazole rings is 1. The zero-order chi connectivity index (χ0) is 14.8. The van der Waals surface area contributed by atoms with Crippen molar-refractivity contribution in [3.8, 4) is 0 Å². The van der Waals surface area contributed by atoms with E-state index >= 15 is 0 Å². The molecule has 0 unspecified atom stereocenters. The average Bonchev–Trinajstić information content (AvgIpc) is 2.96. The summed E-state index contributed by atoms with van der Waals surface area (Å²) >= 11 is 1.74. The monoisotopic (exact) mass is 292 g/mol. The zero-order valence-electron chi connectivity index (χ0n) is 13.0. The number of nitrogens with one attached hydrogen (secondary N) is 1. The van der Waals surface area contributed by atoms with Crippen molar-refractivity contribution in [1.29, 1.82) is 0 Å². The lowest BCUT2D eigenvalue weighted by Crippen LogP contribution is -2.16. The highest BCUT2D eigenvalue weighted by Crippen LogP contribution is 2.24. The third-order valence-electron chi connectivity index (χ3n) is 3.31. The Morgan fingerprint density at radius 2 is 2.10 bits per heavy atom. The molecule has 0 aliphatic heterocycles.